The van der Waals surface area contributed by atoms with Crippen molar-refractivity contribution in [3.8, 4) is 11.5 Å². The average molecular weight is 435 g/mol. The molecule has 0 saturated carbocycles. The summed E-state index contributed by atoms with van der Waals surface area (Å²) in [5, 5.41) is 30.3. The van der Waals surface area contributed by atoms with Crippen LogP contribution < -0.4 is 9.47 Å². The fourth-order valence-corrected chi connectivity index (χ4v) is 2.35. The van der Waals surface area contributed by atoms with Gasteiger partial charge >= 0.3 is 0 Å². The first-order chi connectivity index (χ1) is 14.7. The van der Waals surface area contributed by atoms with Crippen molar-refractivity contribution in [2.24, 2.45) is 0 Å². The molecule has 2 unspecified atom stereocenters. The van der Waals surface area contributed by atoms with Crippen LogP contribution in [0.1, 0.15) is 0 Å². The molecule has 0 aromatic heterocycles. The van der Waals surface area contributed by atoms with Gasteiger partial charge in [-0.1, -0.05) is 0 Å². The number of likely N-dealkylation sites (N-methyl/N-ethyl adjacent to an activating group) is 1. The lowest BCUT2D eigenvalue weighted by Crippen LogP contribution is -2.30. The Morgan fingerprint density at radius 3 is 1.84 bits per heavy atom. The molecule has 1 saturated heterocycles. The van der Waals surface area contributed by atoms with Crippen molar-refractivity contribution in [1.82, 2.24) is 4.90 Å². The highest BCUT2D eigenvalue weighted by Crippen LogP contribution is 2.19. The van der Waals surface area contributed by atoms with Crippen molar-refractivity contribution in [3.63, 3.8) is 0 Å². The smallest absolute Gasteiger partial charge is 0.269 e. The third-order valence-electron chi connectivity index (χ3n) is 3.95. The molecule has 0 radical (unpaired) electrons. The highest BCUT2D eigenvalue weighted by molar-refractivity contribution is 5.36. The first-order valence-corrected chi connectivity index (χ1v) is 9.43. The highest BCUT2D eigenvalue weighted by atomic mass is 16.6. The van der Waals surface area contributed by atoms with Crippen LogP contribution in [-0.2, 0) is 4.74 Å². The molecular formula is C20H25N3O8. The van der Waals surface area contributed by atoms with E-state index in [1.165, 1.54) is 36.4 Å². The predicted molar refractivity (Wildman–Crippen MR) is 111 cm³/mol. The van der Waals surface area contributed by atoms with Crippen LogP contribution in [0, 0.1) is 20.2 Å². The Morgan fingerprint density at radius 2 is 1.45 bits per heavy atom. The van der Waals surface area contributed by atoms with E-state index >= 15 is 0 Å². The topological polar surface area (TPSA) is 141 Å². The summed E-state index contributed by atoms with van der Waals surface area (Å²) in [6.45, 7) is 1.92. The third-order valence-corrected chi connectivity index (χ3v) is 3.95. The van der Waals surface area contributed by atoms with E-state index in [0.717, 1.165) is 6.61 Å². The Hall–Kier alpha value is -3.28. The van der Waals surface area contributed by atoms with Gasteiger partial charge in [0.1, 0.15) is 36.9 Å². The van der Waals surface area contributed by atoms with Crippen LogP contribution in [0.4, 0.5) is 11.4 Å². The van der Waals surface area contributed by atoms with Gasteiger partial charge in [0.05, 0.1) is 16.5 Å². The second-order valence-corrected chi connectivity index (χ2v) is 7.00. The molecule has 1 aliphatic heterocycles. The number of non-ortho nitro benzene ring substituents is 2. The lowest BCUT2D eigenvalue weighted by Gasteiger charge is -2.16. The fourth-order valence-electron chi connectivity index (χ4n) is 2.35. The van der Waals surface area contributed by atoms with E-state index in [0.29, 0.717) is 24.7 Å². The monoisotopic (exact) mass is 435 g/mol. The van der Waals surface area contributed by atoms with E-state index in [4.69, 9.17) is 14.2 Å². The van der Waals surface area contributed by atoms with E-state index in [9.17, 15) is 25.3 Å². The molecule has 0 amide bonds. The molecule has 2 atom stereocenters. The summed E-state index contributed by atoms with van der Waals surface area (Å²) >= 11 is 0. The second kappa shape index (κ2) is 11.8. The number of nitro groups is 2. The van der Waals surface area contributed by atoms with Gasteiger partial charge < -0.3 is 24.2 Å². The van der Waals surface area contributed by atoms with E-state index in [2.05, 4.69) is 0 Å². The Labute approximate surface area is 179 Å². The highest BCUT2D eigenvalue weighted by Gasteiger charge is 2.23. The molecule has 1 fully saturated rings. The minimum absolute atomic E-state index is 0.0196. The molecule has 0 aliphatic carbocycles. The molecule has 1 N–H and O–H groups in total. The molecule has 3 rings (SSSR count). The summed E-state index contributed by atoms with van der Waals surface area (Å²) in [5.41, 5.74) is 0.0891. The summed E-state index contributed by atoms with van der Waals surface area (Å²) < 4.78 is 15.6. The number of nitro benzene ring substituents is 2. The molecule has 1 heterocycles. The number of nitrogens with zero attached hydrogens (tertiary/aromatic N) is 3. The van der Waals surface area contributed by atoms with E-state index in [1.807, 2.05) is 19.0 Å². The molecule has 2 aromatic carbocycles. The van der Waals surface area contributed by atoms with Gasteiger partial charge in [0.2, 0.25) is 0 Å². The van der Waals surface area contributed by atoms with Crippen LogP contribution in [0.15, 0.2) is 48.5 Å². The van der Waals surface area contributed by atoms with Crippen molar-refractivity contribution in [2.75, 3.05) is 40.5 Å². The Bertz CT molecular complexity index is 839. The predicted octanol–water partition coefficient (Wildman–Crippen LogP) is 2.27. The van der Waals surface area contributed by atoms with E-state index in [-0.39, 0.29) is 24.1 Å². The zero-order chi connectivity index (χ0) is 22.8. The van der Waals surface area contributed by atoms with Gasteiger partial charge in [-0.15, -0.1) is 0 Å². The molecule has 11 heteroatoms. The summed E-state index contributed by atoms with van der Waals surface area (Å²) in [4.78, 5) is 21.7. The Balaban J connectivity index is 0.000000224. The SMILES string of the molecule is CN(C)CC(O)COc1ccc([N+](=O)[O-])cc1.O=[N+]([O-])c1ccc(OCC2CO2)cc1. The quantitative estimate of drug-likeness (QED) is 0.338. The molecule has 31 heavy (non-hydrogen) atoms. The van der Waals surface area contributed by atoms with Crippen LogP contribution in [0.3, 0.4) is 0 Å². The molecule has 168 valence electrons. The van der Waals surface area contributed by atoms with Crippen molar-refractivity contribution in [3.05, 3.63) is 68.8 Å². The molecule has 1 aliphatic rings. The fraction of sp³-hybridized carbons (Fsp3) is 0.400. The zero-order valence-electron chi connectivity index (χ0n) is 17.2. The van der Waals surface area contributed by atoms with Crippen LogP contribution in [0.2, 0.25) is 0 Å². The molecular weight excluding hydrogens is 410 g/mol. The van der Waals surface area contributed by atoms with Crippen molar-refractivity contribution >= 4 is 11.4 Å². The number of aliphatic hydroxyl groups excluding tert-OH is 1. The number of epoxide rings is 1. The largest absolute Gasteiger partial charge is 0.491 e. The average Bonchev–Trinajstić information content (AvgIpc) is 3.56. The molecule has 2 aromatic rings. The summed E-state index contributed by atoms with van der Waals surface area (Å²) in [6.07, 6.45) is -0.384. The molecule has 0 bridgehead atoms. The number of hydrogen-bond acceptors (Lipinski definition) is 9. The van der Waals surface area contributed by atoms with Crippen LogP contribution in [-0.4, -0.2) is 72.5 Å². The van der Waals surface area contributed by atoms with Crippen LogP contribution in [0.25, 0.3) is 0 Å². The minimum atomic E-state index is -0.583. The van der Waals surface area contributed by atoms with Gasteiger partial charge in [0.25, 0.3) is 11.4 Å². The standard InChI is InChI=1S/C11H16N2O4.C9H9NO4/c1-12(2)7-10(14)8-17-11-5-3-9(4-6-11)13(15)16;11-10(12)7-1-3-8(4-2-7)13-5-9-6-14-9/h3-6,10,14H,7-8H2,1-2H3;1-4,9H,5-6H2. The summed E-state index contributed by atoms with van der Waals surface area (Å²) in [5.74, 6) is 1.14. The first-order valence-electron chi connectivity index (χ1n) is 9.43. The van der Waals surface area contributed by atoms with Gasteiger partial charge in [0.15, 0.2) is 0 Å². The maximum absolute atomic E-state index is 10.4. The van der Waals surface area contributed by atoms with Gasteiger partial charge in [-0.25, -0.2) is 0 Å². The number of hydrogen-bond donors (Lipinski definition) is 1. The van der Waals surface area contributed by atoms with Crippen LogP contribution >= 0.6 is 0 Å². The van der Waals surface area contributed by atoms with Crippen molar-refractivity contribution in [1.29, 1.82) is 0 Å². The number of aliphatic hydroxyl groups is 1. The second-order valence-electron chi connectivity index (χ2n) is 7.00. The number of benzene rings is 2. The first kappa shape index (κ1) is 24.0. The third kappa shape index (κ3) is 9.38. The molecule has 11 nitrogen and oxygen atoms in total. The van der Waals surface area contributed by atoms with Crippen molar-refractivity contribution < 1.29 is 29.2 Å². The van der Waals surface area contributed by atoms with Crippen molar-refractivity contribution in [2.45, 2.75) is 12.2 Å². The lowest BCUT2D eigenvalue weighted by molar-refractivity contribution is -0.385. The maximum atomic E-state index is 10.4. The van der Waals surface area contributed by atoms with E-state index < -0.39 is 16.0 Å². The maximum Gasteiger partial charge on any atom is 0.269 e. The zero-order valence-corrected chi connectivity index (χ0v) is 17.2. The van der Waals surface area contributed by atoms with Gasteiger partial charge in [0, 0.05) is 30.8 Å². The Kier molecular flexibility index (Phi) is 9.13. The van der Waals surface area contributed by atoms with Gasteiger partial charge in [-0.05, 0) is 38.4 Å². The summed E-state index contributed by atoms with van der Waals surface area (Å²) in [6, 6.07) is 11.8. The number of ether oxygens (including phenoxy) is 3. The summed E-state index contributed by atoms with van der Waals surface area (Å²) in [7, 11) is 3.71. The van der Waals surface area contributed by atoms with Crippen LogP contribution in [0.5, 0.6) is 11.5 Å². The van der Waals surface area contributed by atoms with Gasteiger partial charge in [-0.2, -0.15) is 0 Å². The molecule has 0 spiro atoms. The number of rotatable bonds is 10. The Morgan fingerprint density at radius 1 is 1.00 bits per heavy atom. The lowest BCUT2D eigenvalue weighted by atomic mass is 10.3. The minimum Gasteiger partial charge on any atom is -0.491 e. The normalized spacial score (nSPS) is 15.4. The van der Waals surface area contributed by atoms with Gasteiger partial charge in [-0.3, -0.25) is 20.2 Å². The van der Waals surface area contributed by atoms with E-state index in [1.54, 1.807) is 12.1 Å².